The van der Waals surface area contributed by atoms with Crippen molar-refractivity contribution in [3.8, 4) is 0 Å². The van der Waals surface area contributed by atoms with E-state index in [2.05, 4.69) is 4.72 Å². The molecule has 0 bridgehead atoms. The number of anilines is 2. The zero-order valence-corrected chi connectivity index (χ0v) is 22.8. The van der Waals surface area contributed by atoms with Gasteiger partial charge in [0.05, 0.1) is 16.9 Å². The summed E-state index contributed by atoms with van der Waals surface area (Å²) in [7, 11) is -6.88. The summed E-state index contributed by atoms with van der Waals surface area (Å²) >= 11 is 0. The van der Waals surface area contributed by atoms with Crippen LogP contribution >= 0.6 is 0 Å². The van der Waals surface area contributed by atoms with Gasteiger partial charge in [-0.15, -0.1) is 0 Å². The fraction of sp³-hybridized carbons (Fsp3) is 0.536. The van der Waals surface area contributed by atoms with Gasteiger partial charge in [0.2, 0.25) is 10.0 Å². The third kappa shape index (κ3) is 4.69. The van der Waals surface area contributed by atoms with Crippen LogP contribution in [0.25, 0.3) is 0 Å². The van der Waals surface area contributed by atoms with Gasteiger partial charge in [-0.05, 0) is 105 Å². The first kappa shape index (κ1) is 24.9. The Kier molecular flexibility index (Phi) is 5.77. The second-order valence-corrected chi connectivity index (χ2v) is 15.7. The maximum atomic E-state index is 13.9. The minimum atomic E-state index is -3.45. The van der Waals surface area contributed by atoms with E-state index in [0.29, 0.717) is 23.2 Å². The molecule has 2 spiro atoms. The second-order valence-electron chi connectivity index (χ2n) is 11.9. The first-order valence-corrected chi connectivity index (χ1v) is 16.8. The number of carbonyl (C=O) groups is 1. The number of hydrogen-bond acceptors (Lipinski definition) is 5. The number of benzene rings is 2. The van der Waals surface area contributed by atoms with E-state index in [1.807, 2.05) is 12.1 Å². The molecule has 6 rings (SSSR count). The van der Waals surface area contributed by atoms with E-state index >= 15 is 0 Å². The van der Waals surface area contributed by atoms with E-state index in [1.54, 1.807) is 29.2 Å². The molecular formula is C28H36N2O5S2. The molecule has 1 N–H and O–H groups in total. The summed E-state index contributed by atoms with van der Waals surface area (Å²) in [6.45, 7) is 0.526. The lowest BCUT2D eigenvalue weighted by atomic mass is 9.66. The first-order valence-electron chi connectivity index (χ1n) is 13.2. The topological polar surface area (TPSA) is 101 Å². The van der Waals surface area contributed by atoms with Crippen LogP contribution in [0.15, 0.2) is 47.4 Å². The van der Waals surface area contributed by atoms with Crippen LogP contribution in [0.2, 0.25) is 0 Å². The van der Waals surface area contributed by atoms with Crippen LogP contribution in [-0.4, -0.2) is 41.3 Å². The molecule has 1 heterocycles. The Morgan fingerprint density at radius 3 is 2.32 bits per heavy atom. The lowest BCUT2D eigenvalue weighted by Crippen LogP contribution is -2.40. The minimum Gasteiger partial charge on any atom is -0.307 e. The van der Waals surface area contributed by atoms with Crippen molar-refractivity contribution in [3.05, 3.63) is 53.6 Å². The van der Waals surface area contributed by atoms with Crippen molar-refractivity contribution in [2.75, 3.05) is 28.2 Å². The van der Waals surface area contributed by atoms with Gasteiger partial charge < -0.3 is 4.90 Å². The quantitative estimate of drug-likeness (QED) is 0.543. The largest absolute Gasteiger partial charge is 0.307 e. The van der Waals surface area contributed by atoms with Gasteiger partial charge >= 0.3 is 0 Å². The van der Waals surface area contributed by atoms with Crippen LogP contribution in [0.1, 0.15) is 75.1 Å². The maximum absolute atomic E-state index is 13.9. The monoisotopic (exact) mass is 544 g/mol. The Hall–Kier alpha value is -2.39. The number of sulfone groups is 1. The van der Waals surface area contributed by atoms with Gasteiger partial charge in [-0.2, -0.15) is 0 Å². The molecule has 4 aliphatic rings. The Morgan fingerprint density at radius 1 is 1.00 bits per heavy atom. The van der Waals surface area contributed by atoms with Crippen LogP contribution < -0.4 is 9.62 Å². The highest BCUT2D eigenvalue weighted by Crippen LogP contribution is 2.62. The van der Waals surface area contributed by atoms with Crippen molar-refractivity contribution in [1.82, 2.24) is 0 Å². The highest BCUT2D eigenvalue weighted by Gasteiger charge is 2.53. The predicted octanol–water partition coefficient (Wildman–Crippen LogP) is 5.13. The van der Waals surface area contributed by atoms with E-state index in [0.717, 1.165) is 62.5 Å². The van der Waals surface area contributed by atoms with Crippen LogP contribution in [-0.2, 0) is 25.3 Å². The molecular weight excluding hydrogens is 508 g/mol. The highest BCUT2D eigenvalue weighted by atomic mass is 32.2. The lowest BCUT2D eigenvalue weighted by molar-refractivity contribution is 0.0980. The number of hydrogen-bond donors (Lipinski definition) is 1. The number of nitrogens with one attached hydrogen (secondary N) is 1. The Morgan fingerprint density at radius 2 is 1.70 bits per heavy atom. The smallest absolute Gasteiger partial charge is 0.258 e. The number of amides is 1. The Labute approximate surface area is 221 Å². The third-order valence-electron chi connectivity index (χ3n) is 9.21. The van der Waals surface area contributed by atoms with Gasteiger partial charge in [-0.3, -0.25) is 9.52 Å². The maximum Gasteiger partial charge on any atom is 0.258 e. The predicted molar refractivity (Wildman–Crippen MR) is 146 cm³/mol. The van der Waals surface area contributed by atoms with Gasteiger partial charge in [0.1, 0.15) is 0 Å². The summed E-state index contributed by atoms with van der Waals surface area (Å²) in [5.41, 5.74) is 2.92. The molecule has 3 saturated carbocycles. The molecule has 200 valence electrons. The van der Waals surface area contributed by atoms with Gasteiger partial charge in [0, 0.05) is 30.3 Å². The van der Waals surface area contributed by atoms with Crippen molar-refractivity contribution < 1.29 is 23.1 Å². The molecule has 0 unspecified atom stereocenters. The van der Waals surface area contributed by atoms with E-state index in [9.17, 15) is 21.6 Å². The molecule has 7 nitrogen and oxygen atoms in total. The highest BCUT2D eigenvalue weighted by molar-refractivity contribution is 7.92. The zero-order chi connectivity index (χ0) is 26.1. The summed E-state index contributed by atoms with van der Waals surface area (Å²) in [5, 5.41) is 0. The van der Waals surface area contributed by atoms with Crippen molar-refractivity contribution in [2.24, 2.45) is 11.3 Å². The van der Waals surface area contributed by atoms with Crippen molar-refractivity contribution in [2.45, 2.75) is 68.1 Å². The SMILES string of the molecule is CS(=O)(=O)Nc1ccc2c(c1)C1(CCC3(CC3)CC1)CN2C(=O)c1cccc(S(=O)(=O)CC2CCC2)c1.[HH]. The molecule has 0 atom stereocenters. The second kappa shape index (κ2) is 8.56. The number of fused-ring (bicyclic) bond motifs is 2. The summed E-state index contributed by atoms with van der Waals surface area (Å²) in [6, 6.07) is 11.9. The summed E-state index contributed by atoms with van der Waals surface area (Å²) in [6.07, 6.45) is 10.8. The van der Waals surface area contributed by atoms with Crippen LogP contribution in [0.4, 0.5) is 11.4 Å². The Balaban J connectivity index is 0.00000294. The van der Waals surface area contributed by atoms with Crippen LogP contribution in [0, 0.1) is 11.3 Å². The van der Waals surface area contributed by atoms with Gasteiger partial charge in [0.15, 0.2) is 9.84 Å². The van der Waals surface area contributed by atoms with E-state index in [4.69, 9.17) is 0 Å². The Bertz CT molecular complexity index is 1470. The molecule has 1 aliphatic heterocycles. The fourth-order valence-electron chi connectivity index (χ4n) is 6.54. The van der Waals surface area contributed by atoms with E-state index in [1.165, 1.54) is 18.9 Å². The molecule has 2 aromatic carbocycles. The van der Waals surface area contributed by atoms with Gasteiger partial charge in [-0.25, -0.2) is 16.8 Å². The molecule has 2 aromatic rings. The molecule has 0 saturated heterocycles. The van der Waals surface area contributed by atoms with Crippen LogP contribution in [0.5, 0.6) is 0 Å². The molecule has 3 aliphatic carbocycles. The summed E-state index contributed by atoms with van der Waals surface area (Å²) in [5.74, 6) is 0.137. The lowest BCUT2D eigenvalue weighted by Gasteiger charge is -2.38. The molecule has 3 fully saturated rings. The number of rotatable bonds is 6. The molecule has 37 heavy (non-hydrogen) atoms. The summed E-state index contributed by atoms with van der Waals surface area (Å²) in [4.78, 5) is 15.9. The molecule has 1 amide bonds. The minimum absolute atomic E-state index is 0. The first-order chi connectivity index (χ1) is 17.5. The van der Waals surface area contributed by atoms with Crippen LogP contribution in [0.3, 0.4) is 0 Å². The average molecular weight is 545 g/mol. The standard InChI is InChI=1S/C28H34N2O5S2.H2/c1-36(32,33)29-22-8-9-25-24(17-22)28(14-12-27(10-11-27)13-15-28)19-30(25)26(31)21-6-3-7-23(16-21)37(34,35)18-20-4-2-5-20;/h3,6-9,16-17,20,29H,2,4-5,10-15,18-19H2,1H3;1H. The summed E-state index contributed by atoms with van der Waals surface area (Å²) < 4.78 is 52.4. The normalized spacial score (nSPS) is 22.0. The molecule has 0 radical (unpaired) electrons. The van der Waals surface area contributed by atoms with E-state index in [-0.39, 0.29) is 29.3 Å². The van der Waals surface area contributed by atoms with Crippen molar-refractivity contribution in [3.63, 3.8) is 0 Å². The van der Waals surface area contributed by atoms with Gasteiger partial charge in [-0.1, -0.05) is 12.5 Å². The fourth-order valence-corrected chi connectivity index (χ4v) is 8.83. The number of carbonyl (C=O) groups excluding carboxylic acids is 1. The third-order valence-corrected chi connectivity index (χ3v) is 11.7. The number of sulfonamides is 1. The number of nitrogens with zero attached hydrogens (tertiary/aromatic N) is 1. The van der Waals surface area contributed by atoms with Crippen molar-refractivity contribution in [1.29, 1.82) is 0 Å². The molecule has 9 heteroatoms. The van der Waals surface area contributed by atoms with E-state index < -0.39 is 19.9 Å². The zero-order valence-electron chi connectivity index (χ0n) is 21.2. The van der Waals surface area contributed by atoms with Gasteiger partial charge in [0.25, 0.3) is 5.91 Å². The van der Waals surface area contributed by atoms with Crippen molar-refractivity contribution >= 4 is 37.1 Å². The average Bonchev–Trinajstić information content (AvgIpc) is 3.52. The molecule has 0 aromatic heterocycles.